The number of aryl methyl sites for hydroxylation is 1. The van der Waals surface area contributed by atoms with E-state index in [1.165, 1.54) is 6.07 Å². The van der Waals surface area contributed by atoms with Gasteiger partial charge in [-0.2, -0.15) is 4.31 Å². The summed E-state index contributed by atoms with van der Waals surface area (Å²) in [5.74, 6) is 0.877. The summed E-state index contributed by atoms with van der Waals surface area (Å²) in [5.41, 5.74) is 1.14. The van der Waals surface area contributed by atoms with E-state index in [0.29, 0.717) is 41.9 Å². The molecule has 2 heterocycles. The molecule has 0 bridgehead atoms. The molecule has 0 aliphatic carbocycles. The van der Waals surface area contributed by atoms with Gasteiger partial charge >= 0.3 is 0 Å². The lowest BCUT2D eigenvalue weighted by Gasteiger charge is -2.34. The Balaban J connectivity index is 1.98. The van der Waals surface area contributed by atoms with Crippen LogP contribution >= 0.6 is 0 Å². The number of hydrogen-bond acceptors (Lipinski definition) is 4. The monoisotopic (exact) mass is 338 g/mol. The van der Waals surface area contributed by atoms with Crippen molar-refractivity contribution in [1.29, 1.82) is 0 Å². The molecule has 0 spiro atoms. The fourth-order valence-electron chi connectivity index (χ4n) is 3.44. The van der Waals surface area contributed by atoms with Crippen LogP contribution in [0.5, 0.6) is 5.75 Å². The molecule has 0 unspecified atom stereocenters. The minimum Gasteiger partial charge on any atom is -0.482 e. The fraction of sp³-hybridized carbons (Fsp3) is 0.562. The number of ether oxygens (including phenoxy) is 1. The zero-order valence-corrected chi connectivity index (χ0v) is 14.4. The highest BCUT2D eigenvalue weighted by atomic mass is 32.2. The largest absolute Gasteiger partial charge is 0.482 e. The van der Waals surface area contributed by atoms with Gasteiger partial charge in [-0.05, 0) is 36.8 Å². The van der Waals surface area contributed by atoms with E-state index < -0.39 is 10.0 Å². The van der Waals surface area contributed by atoms with Crippen molar-refractivity contribution in [3.63, 3.8) is 0 Å². The smallest absolute Gasteiger partial charge is 0.262 e. The number of carbonyl (C=O) groups is 1. The Morgan fingerprint density at radius 1 is 1.22 bits per heavy atom. The fourth-order valence-corrected chi connectivity index (χ4v) is 5.34. The molecule has 1 aromatic carbocycles. The highest BCUT2D eigenvalue weighted by Gasteiger charge is 2.33. The summed E-state index contributed by atoms with van der Waals surface area (Å²) in [5, 5.41) is 2.70. The Kier molecular flexibility index (Phi) is 4.10. The molecular weight excluding hydrogens is 316 g/mol. The average molecular weight is 338 g/mol. The first kappa shape index (κ1) is 16.3. The second-order valence-electron chi connectivity index (χ2n) is 6.72. The summed E-state index contributed by atoms with van der Waals surface area (Å²) in [6.45, 7) is 6.90. The molecule has 2 aliphatic heterocycles. The molecule has 23 heavy (non-hydrogen) atoms. The zero-order valence-electron chi connectivity index (χ0n) is 13.6. The lowest BCUT2D eigenvalue weighted by Crippen LogP contribution is -2.42. The van der Waals surface area contributed by atoms with Gasteiger partial charge in [-0.25, -0.2) is 8.42 Å². The summed E-state index contributed by atoms with van der Waals surface area (Å²) in [7, 11) is -3.56. The number of sulfonamides is 1. The highest BCUT2D eigenvalue weighted by Crippen LogP contribution is 2.35. The van der Waals surface area contributed by atoms with Crippen molar-refractivity contribution < 1.29 is 17.9 Å². The molecule has 1 saturated heterocycles. The second-order valence-corrected chi connectivity index (χ2v) is 8.63. The lowest BCUT2D eigenvalue weighted by atomic mass is 9.94. The van der Waals surface area contributed by atoms with Gasteiger partial charge in [0.2, 0.25) is 10.0 Å². The molecule has 0 aromatic heterocycles. The Morgan fingerprint density at radius 2 is 1.87 bits per heavy atom. The number of benzene rings is 1. The lowest BCUT2D eigenvalue weighted by molar-refractivity contribution is -0.118. The Bertz CT molecular complexity index is 735. The van der Waals surface area contributed by atoms with E-state index in [9.17, 15) is 13.2 Å². The summed E-state index contributed by atoms with van der Waals surface area (Å²) in [6, 6.07) is 3.19. The molecule has 0 saturated carbocycles. The molecule has 126 valence electrons. The van der Waals surface area contributed by atoms with Crippen LogP contribution in [0.25, 0.3) is 0 Å². The first-order valence-electron chi connectivity index (χ1n) is 7.85. The molecule has 1 fully saturated rings. The predicted molar refractivity (Wildman–Crippen MR) is 87.0 cm³/mol. The Labute approximate surface area is 136 Å². The van der Waals surface area contributed by atoms with Crippen molar-refractivity contribution >= 4 is 21.6 Å². The molecule has 6 nitrogen and oxygen atoms in total. The van der Waals surface area contributed by atoms with Crippen LogP contribution < -0.4 is 10.1 Å². The summed E-state index contributed by atoms with van der Waals surface area (Å²) in [6.07, 6.45) is 1.05. The van der Waals surface area contributed by atoms with Crippen molar-refractivity contribution in [1.82, 2.24) is 4.31 Å². The number of piperidine rings is 1. The molecular formula is C16H22N2O4S. The minimum atomic E-state index is -3.56. The van der Waals surface area contributed by atoms with E-state index in [4.69, 9.17) is 4.74 Å². The van der Waals surface area contributed by atoms with Gasteiger partial charge in [0.25, 0.3) is 5.91 Å². The van der Waals surface area contributed by atoms with Crippen LogP contribution in [0.1, 0.15) is 25.8 Å². The maximum Gasteiger partial charge on any atom is 0.262 e. The minimum absolute atomic E-state index is 0.0899. The number of nitrogens with one attached hydrogen (secondary N) is 1. The van der Waals surface area contributed by atoms with E-state index >= 15 is 0 Å². The third-order valence-corrected chi connectivity index (χ3v) is 6.34. The summed E-state index contributed by atoms with van der Waals surface area (Å²) in [4.78, 5) is 11.6. The molecule has 2 atom stereocenters. The van der Waals surface area contributed by atoms with Gasteiger partial charge in [-0.15, -0.1) is 0 Å². The van der Waals surface area contributed by atoms with E-state index in [1.807, 2.05) is 0 Å². The van der Waals surface area contributed by atoms with Gasteiger partial charge in [0.1, 0.15) is 5.75 Å². The maximum atomic E-state index is 13.0. The average Bonchev–Trinajstić information content (AvgIpc) is 2.45. The van der Waals surface area contributed by atoms with Crippen LogP contribution in [-0.2, 0) is 14.8 Å². The van der Waals surface area contributed by atoms with Crippen LogP contribution in [0.2, 0.25) is 0 Å². The predicted octanol–water partition coefficient (Wildman–Crippen LogP) is 1.99. The third-order valence-electron chi connectivity index (χ3n) is 4.36. The van der Waals surface area contributed by atoms with Crippen LogP contribution in [-0.4, -0.2) is 38.3 Å². The first-order chi connectivity index (χ1) is 10.8. The Morgan fingerprint density at radius 3 is 2.52 bits per heavy atom. The summed E-state index contributed by atoms with van der Waals surface area (Å²) >= 11 is 0. The standard InChI is InChI=1S/C16H22N2O4S/c1-10-4-11(2)8-18(7-10)23(20,21)15-6-14-13(5-12(15)3)17-16(19)9-22-14/h5-6,10-11H,4,7-9H2,1-3H3,(H,17,19)/t10-,11-/m0/s1. The molecule has 2 aliphatic rings. The van der Waals surface area contributed by atoms with Crippen molar-refractivity contribution in [2.75, 3.05) is 25.0 Å². The number of nitrogens with zero attached hydrogens (tertiary/aromatic N) is 1. The molecule has 0 radical (unpaired) electrons. The van der Waals surface area contributed by atoms with Gasteiger partial charge in [0.05, 0.1) is 10.6 Å². The summed E-state index contributed by atoms with van der Waals surface area (Å²) < 4.78 is 33.0. The number of hydrogen-bond donors (Lipinski definition) is 1. The van der Waals surface area contributed by atoms with Crippen LogP contribution in [0.4, 0.5) is 5.69 Å². The molecule has 3 rings (SSSR count). The number of rotatable bonds is 2. The van der Waals surface area contributed by atoms with Crippen molar-refractivity contribution in [3.8, 4) is 5.75 Å². The number of fused-ring (bicyclic) bond motifs is 1. The highest BCUT2D eigenvalue weighted by molar-refractivity contribution is 7.89. The Hall–Kier alpha value is -1.60. The van der Waals surface area contributed by atoms with E-state index in [1.54, 1.807) is 17.3 Å². The molecule has 1 aromatic rings. The van der Waals surface area contributed by atoms with Gasteiger partial charge in [0, 0.05) is 19.2 Å². The second kappa shape index (κ2) is 5.79. The third kappa shape index (κ3) is 3.07. The van der Waals surface area contributed by atoms with Crippen molar-refractivity contribution in [3.05, 3.63) is 17.7 Å². The van der Waals surface area contributed by atoms with Crippen LogP contribution in [0, 0.1) is 18.8 Å². The normalized spacial score (nSPS) is 25.4. The SMILES string of the molecule is Cc1cc2c(cc1S(=O)(=O)N1C[C@@H](C)C[C@H](C)C1)OCC(=O)N2. The maximum absolute atomic E-state index is 13.0. The van der Waals surface area contributed by atoms with E-state index in [2.05, 4.69) is 19.2 Å². The van der Waals surface area contributed by atoms with E-state index in [0.717, 1.165) is 6.42 Å². The van der Waals surface area contributed by atoms with E-state index in [-0.39, 0.29) is 17.4 Å². The van der Waals surface area contributed by atoms with Gasteiger partial charge in [0.15, 0.2) is 6.61 Å². The van der Waals surface area contributed by atoms with Crippen molar-refractivity contribution in [2.24, 2.45) is 11.8 Å². The number of carbonyl (C=O) groups excluding carboxylic acids is 1. The van der Waals surface area contributed by atoms with Crippen molar-refractivity contribution in [2.45, 2.75) is 32.1 Å². The van der Waals surface area contributed by atoms with Crippen LogP contribution in [0.3, 0.4) is 0 Å². The number of anilines is 1. The van der Waals surface area contributed by atoms with Gasteiger partial charge in [-0.3, -0.25) is 4.79 Å². The van der Waals surface area contributed by atoms with Gasteiger partial charge in [-0.1, -0.05) is 13.8 Å². The quantitative estimate of drug-likeness (QED) is 0.895. The topological polar surface area (TPSA) is 75.7 Å². The zero-order chi connectivity index (χ0) is 16.8. The molecule has 7 heteroatoms. The van der Waals surface area contributed by atoms with Gasteiger partial charge < -0.3 is 10.1 Å². The molecule has 1 amide bonds. The van der Waals surface area contributed by atoms with Crippen LogP contribution in [0.15, 0.2) is 17.0 Å². The molecule has 1 N–H and O–H groups in total. The first-order valence-corrected chi connectivity index (χ1v) is 9.29. The number of amides is 1.